The van der Waals surface area contributed by atoms with Crippen LogP contribution in [0.5, 0.6) is 5.75 Å². The van der Waals surface area contributed by atoms with Gasteiger partial charge in [-0.3, -0.25) is 4.98 Å². The summed E-state index contributed by atoms with van der Waals surface area (Å²) in [5.41, 5.74) is 5.83. The Labute approximate surface area is 102 Å². The predicted octanol–water partition coefficient (Wildman–Crippen LogP) is 1.12. The van der Waals surface area contributed by atoms with Crippen molar-refractivity contribution in [3.8, 4) is 5.75 Å². The predicted molar refractivity (Wildman–Crippen MR) is 69.1 cm³/mol. The highest BCUT2D eigenvalue weighted by atomic mass is 16.5. The zero-order valence-electron chi connectivity index (χ0n) is 10.5. The molecule has 0 aliphatic heterocycles. The lowest BCUT2D eigenvalue weighted by Gasteiger charge is -2.19. The first kappa shape index (κ1) is 13.3. The molecule has 0 atom stereocenters. The maximum atomic E-state index is 5.83. The second kappa shape index (κ2) is 7.49. The van der Waals surface area contributed by atoms with E-state index in [-0.39, 0.29) is 0 Å². The van der Waals surface area contributed by atoms with Crippen LogP contribution in [0.2, 0.25) is 0 Å². The topological polar surface area (TPSA) is 63.7 Å². The fourth-order valence-corrected chi connectivity index (χ4v) is 1.40. The number of guanidine groups is 1. The Morgan fingerprint density at radius 3 is 2.82 bits per heavy atom. The Morgan fingerprint density at radius 1 is 1.47 bits per heavy atom. The van der Waals surface area contributed by atoms with Crippen molar-refractivity contribution < 1.29 is 4.74 Å². The maximum Gasteiger partial charge on any atom is 0.191 e. The van der Waals surface area contributed by atoms with E-state index in [2.05, 4.69) is 23.8 Å². The molecule has 0 unspecified atom stereocenters. The number of nitrogens with zero attached hydrogens (tertiary/aromatic N) is 3. The fourth-order valence-electron chi connectivity index (χ4n) is 1.40. The average Bonchev–Trinajstić information content (AvgIpc) is 2.37. The van der Waals surface area contributed by atoms with E-state index in [1.165, 1.54) is 0 Å². The minimum Gasteiger partial charge on any atom is -0.490 e. The van der Waals surface area contributed by atoms with Crippen molar-refractivity contribution in [2.24, 2.45) is 10.7 Å². The molecule has 1 aromatic rings. The van der Waals surface area contributed by atoms with Crippen LogP contribution in [0.4, 0.5) is 0 Å². The monoisotopic (exact) mass is 236 g/mol. The van der Waals surface area contributed by atoms with Crippen molar-refractivity contribution in [2.75, 3.05) is 26.2 Å². The summed E-state index contributed by atoms with van der Waals surface area (Å²) in [6.07, 6.45) is 3.39. The number of rotatable bonds is 6. The molecule has 0 bridgehead atoms. The standard InChI is InChI=1S/C12H20N4O/c1-3-16(4-2)12(13)15-8-9-17-11-6-5-7-14-10-11/h5-7,10H,3-4,8-9H2,1-2H3,(H2,13,15). The third-order valence-corrected chi connectivity index (χ3v) is 2.36. The highest BCUT2D eigenvalue weighted by Gasteiger charge is 2.00. The van der Waals surface area contributed by atoms with Gasteiger partial charge in [-0.05, 0) is 26.0 Å². The third-order valence-electron chi connectivity index (χ3n) is 2.36. The van der Waals surface area contributed by atoms with Gasteiger partial charge in [0.2, 0.25) is 0 Å². The number of pyridine rings is 1. The molecule has 5 heteroatoms. The molecule has 1 heterocycles. The minimum atomic E-state index is 0.508. The van der Waals surface area contributed by atoms with Crippen molar-refractivity contribution in [3.63, 3.8) is 0 Å². The number of aliphatic imine (C=N–C) groups is 1. The second-order valence-electron chi connectivity index (χ2n) is 3.45. The molecule has 0 radical (unpaired) electrons. The van der Waals surface area contributed by atoms with Crippen LogP contribution in [0.15, 0.2) is 29.5 Å². The summed E-state index contributed by atoms with van der Waals surface area (Å²) < 4.78 is 5.46. The van der Waals surface area contributed by atoms with Crippen molar-refractivity contribution in [2.45, 2.75) is 13.8 Å². The van der Waals surface area contributed by atoms with Crippen LogP contribution in [0.1, 0.15) is 13.8 Å². The molecule has 0 saturated heterocycles. The Bertz CT molecular complexity index is 336. The molecule has 0 amide bonds. The van der Waals surface area contributed by atoms with E-state index in [1.54, 1.807) is 12.4 Å². The molecule has 0 aliphatic rings. The molecule has 0 saturated carbocycles. The molecule has 5 nitrogen and oxygen atoms in total. The number of hydrogen-bond donors (Lipinski definition) is 1. The van der Waals surface area contributed by atoms with Crippen LogP contribution in [-0.2, 0) is 0 Å². The molecule has 0 fully saturated rings. The second-order valence-corrected chi connectivity index (χ2v) is 3.45. The van der Waals surface area contributed by atoms with Crippen molar-refractivity contribution in [3.05, 3.63) is 24.5 Å². The lowest BCUT2D eigenvalue weighted by Crippen LogP contribution is -2.37. The van der Waals surface area contributed by atoms with Gasteiger partial charge in [0, 0.05) is 19.3 Å². The van der Waals surface area contributed by atoms with Crippen molar-refractivity contribution in [1.82, 2.24) is 9.88 Å². The molecule has 17 heavy (non-hydrogen) atoms. The van der Waals surface area contributed by atoms with Crippen molar-refractivity contribution in [1.29, 1.82) is 0 Å². The fraction of sp³-hybridized carbons (Fsp3) is 0.500. The zero-order chi connectivity index (χ0) is 12.5. The number of aromatic nitrogens is 1. The molecule has 1 aromatic heterocycles. The van der Waals surface area contributed by atoms with E-state index < -0.39 is 0 Å². The van der Waals surface area contributed by atoms with Gasteiger partial charge in [0.05, 0.1) is 12.7 Å². The van der Waals surface area contributed by atoms with E-state index in [4.69, 9.17) is 10.5 Å². The summed E-state index contributed by atoms with van der Waals surface area (Å²) in [5.74, 6) is 1.33. The van der Waals surface area contributed by atoms with Gasteiger partial charge >= 0.3 is 0 Å². The Balaban J connectivity index is 2.30. The van der Waals surface area contributed by atoms with E-state index in [9.17, 15) is 0 Å². The number of ether oxygens (including phenoxy) is 1. The molecular formula is C12H20N4O. The molecule has 0 aromatic carbocycles. The molecule has 94 valence electrons. The summed E-state index contributed by atoms with van der Waals surface area (Å²) >= 11 is 0. The van der Waals surface area contributed by atoms with E-state index >= 15 is 0 Å². The molecule has 0 aliphatic carbocycles. The van der Waals surface area contributed by atoms with Crippen LogP contribution in [0.3, 0.4) is 0 Å². The molecule has 2 N–H and O–H groups in total. The SMILES string of the molecule is CCN(CC)C(N)=NCCOc1cccnc1. The van der Waals surface area contributed by atoms with Gasteiger partial charge in [-0.2, -0.15) is 0 Å². The third kappa shape index (κ3) is 4.72. The number of nitrogens with two attached hydrogens (primary N) is 1. The first-order chi connectivity index (χ1) is 8.27. The van der Waals surface area contributed by atoms with Crippen LogP contribution in [0, 0.1) is 0 Å². The summed E-state index contributed by atoms with van der Waals surface area (Å²) in [7, 11) is 0. The van der Waals surface area contributed by atoms with Crippen LogP contribution >= 0.6 is 0 Å². The largest absolute Gasteiger partial charge is 0.490 e. The Hall–Kier alpha value is -1.78. The lowest BCUT2D eigenvalue weighted by atomic mass is 10.5. The molecular weight excluding hydrogens is 216 g/mol. The lowest BCUT2D eigenvalue weighted by molar-refractivity contribution is 0.326. The molecule has 0 spiro atoms. The van der Waals surface area contributed by atoms with Gasteiger partial charge in [-0.15, -0.1) is 0 Å². The quantitative estimate of drug-likeness (QED) is 0.456. The maximum absolute atomic E-state index is 5.83. The summed E-state index contributed by atoms with van der Waals surface area (Å²) in [6, 6.07) is 3.70. The Kier molecular flexibility index (Phi) is 5.85. The van der Waals surface area contributed by atoms with E-state index in [0.29, 0.717) is 19.1 Å². The molecule has 1 rings (SSSR count). The van der Waals surface area contributed by atoms with Gasteiger partial charge in [-0.1, -0.05) is 0 Å². The van der Waals surface area contributed by atoms with Crippen LogP contribution in [0.25, 0.3) is 0 Å². The smallest absolute Gasteiger partial charge is 0.191 e. The van der Waals surface area contributed by atoms with E-state index in [0.717, 1.165) is 18.8 Å². The van der Waals surface area contributed by atoms with Gasteiger partial charge < -0.3 is 15.4 Å². The van der Waals surface area contributed by atoms with Crippen molar-refractivity contribution >= 4 is 5.96 Å². The first-order valence-electron chi connectivity index (χ1n) is 5.85. The van der Waals surface area contributed by atoms with E-state index in [1.807, 2.05) is 17.0 Å². The highest BCUT2D eigenvalue weighted by Crippen LogP contribution is 2.05. The minimum absolute atomic E-state index is 0.508. The first-order valence-corrected chi connectivity index (χ1v) is 5.85. The average molecular weight is 236 g/mol. The summed E-state index contributed by atoms with van der Waals surface area (Å²) in [6.45, 7) is 6.91. The van der Waals surface area contributed by atoms with Crippen LogP contribution < -0.4 is 10.5 Å². The zero-order valence-corrected chi connectivity index (χ0v) is 10.5. The van der Waals surface area contributed by atoms with Gasteiger partial charge in [0.15, 0.2) is 5.96 Å². The van der Waals surface area contributed by atoms with Gasteiger partial charge in [-0.25, -0.2) is 4.99 Å². The number of hydrogen-bond acceptors (Lipinski definition) is 3. The Morgan fingerprint density at radius 2 is 2.24 bits per heavy atom. The summed E-state index contributed by atoms with van der Waals surface area (Å²) in [4.78, 5) is 10.2. The van der Waals surface area contributed by atoms with Gasteiger partial charge in [0.25, 0.3) is 0 Å². The van der Waals surface area contributed by atoms with Crippen LogP contribution in [-0.4, -0.2) is 42.1 Å². The summed E-state index contributed by atoms with van der Waals surface area (Å²) in [5, 5.41) is 0. The normalized spacial score (nSPS) is 11.3. The van der Waals surface area contributed by atoms with Gasteiger partial charge in [0.1, 0.15) is 12.4 Å². The highest BCUT2D eigenvalue weighted by molar-refractivity contribution is 5.77.